The van der Waals surface area contributed by atoms with Crippen molar-refractivity contribution in [1.82, 2.24) is 5.32 Å². The number of rotatable bonds is 11. The molecule has 0 spiro atoms. The SMILES string of the molecule is COc1ccc(NC(=O)N[C@@H](CO)c2ccccc2OC)cc1OCCCC(C)C. The normalized spacial score (nSPS) is 11.7. The van der Waals surface area contributed by atoms with Gasteiger partial charge < -0.3 is 30.0 Å². The number of urea groups is 1. The number of aliphatic hydroxyl groups excluding tert-OH is 1. The molecule has 7 heteroatoms. The van der Waals surface area contributed by atoms with E-state index < -0.39 is 12.1 Å². The van der Waals surface area contributed by atoms with Gasteiger partial charge in [0.05, 0.1) is 33.5 Å². The molecule has 3 N–H and O–H groups in total. The first-order valence-electron chi connectivity index (χ1n) is 10.1. The van der Waals surface area contributed by atoms with Crippen LogP contribution in [0.15, 0.2) is 42.5 Å². The molecule has 0 aliphatic rings. The minimum Gasteiger partial charge on any atom is -0.496 e. The number of hydrogen-bond donors (Lipinski definition) is 3. The molecule has 1 atom stereocenters. The zero-order valence-electron chi connectivity index (χ0n) is 18.1. The summed E-state index contributed by atoms with van der Waals surface area (Å²) in [5, 5.41) is 15.3. The Morgan fingerprint density at radius 2 is 1.77 bits per heavy atom. The Labute approximate surface area is 178 Å². The average Bonchev–Trinajstić information content (AvgIpc) is 2.75. The summed E-state index contributed by atoms with van der Waals surface area (Å²) in [6.07, 6.45) is 2.02. The molecular weight excluding hydrogens is 384 g/mol. The number of nitrogens with one attached hydrogen (secondary N) is 2. The van der Waals surface area contributed by atoms with Gasteiger partial charge in [-0.05, 0) is 37.0 Å². The van der Waals surface area contributed by atoms with E-state index in [0.717, 1.165) is 12.8 Å². The van der Waals surface area contributed by atoms with Crippen molar-refractivity contribution in [2.24, 2.45) is 5.92 Å². The third-order valence-electron chi connectivity index (χ3n) is 4.61. The predicted octanol–water partition coefficient (Wildman–Crippen LogP) is 4.37. The first-order valence-corrected chi connectivity index (χ1v) is 10.1. The van der Waals surface area contributed by atoms with E-state index in [1.807, 2.05) is 12.1 Å². The Bertz CT molecular complexity index is 810. The van der Waals surface area contributed by atoms with Gasteiger partial charge in [0.25, 0.3) is 0 Å². The van der Waals surface area contributed by atoms with Gasteiger partial charge in [-0.1, -0.05) is 32.0 Å². The van der Waals surface area contributed by atoms with Crippen molar-refractivity contribution >= 4 is 11.7 Å². The molecule has 0 fully saturated rings. The van der Waals surface area contributed by atoms with Crippen LogP contribution >= 0.6 is 0 Å². The molecule has 0 bridgehead atoms. The van der Waals surface area contributed by atoms with Crippen LogP contribution in [-0.2, 0) is 0 Å². The number of carbonyl (C=O) groups excluding carboxylic acids is 1. The molecule has 0 aliphatic carbocycles. The van der Waals surface area contributed by atoms with Crippen LogP contribution in [0, 0.1) is 5.92 Å². The van der Waals surface area contributed by atoms with Crippen LogP contribution in [0.1, 0.15) is 38.3 Å². The Kier molecular flexibility index (Phi) is 9.28. The van der Waals surface area contributed by atoms with Crippen LogP contribution in [0.25, 0.3) is 0 Å². The van der Waals surface area contributed by atoms with Gasteiger partial charge in [0, 0.05) is 17.3 Å². The number of anilines is 1. The standard InChI is InChI=1S/C23H32N2O5/c1-16(2)8-7-13-30-22-14-17(11-12-21(22)29-4)24-23(27)25-19(15-26)18-9-5-6-10-20(18)28-3/h5-6,9-12,14,16,19,26H,7-8,13,15H2,1-4H3,(H2,24,25,27)/t19-/m0/s1. The largest absolute Gasteiger partial charge is 0.496 e. The van der Waals surface area contributed by atoms with E-state index in [2.05, 4.69) is 24.5 Å². The van der Waals surface area contributed by atoms with E-state index in [9.17, 15) is 9.90 Å². The van der Waals surface area contributed by atoms with E-state index in [-0.39, 0.29) is 6.61 Å². The highest BCUT2D eigenvalue weighted by Gasteiger charge is 2.18. The molecule has 0 saturated carbocycles. The molecular formula is C23H32N2O5. The number of hydrogen-bond acceptors (Lipinski definition) is 5. The third kappa shape index (κ3) is 6.84. The van der Waals surface area contributed by atoms with Gasteiger partial charge in [0.1, 0.15) is 5.75 Å². The fraction of sp³-hybridized carbons (Fsp3) is 0.435. The second kappa shape index (κ2) is 11.9. The van der Waals surface area contributed by atoms with Gasteiger partial charge in [-0.3, -0.25) is 0 Å². The minimum absolute atomic E-state index is 0.263. The Hall–Kier alpha value is -2.93. The summed E-state index contributed by atoms with van der Waals surface area (Å²) in [4.78, 5) is 12.5. The van der Waals surface area contributed by atoms with Gasteiger partial charge >= 0.3 is 6.03 Å². The Morgan fingerprint density at radius 1 is 1.03 bits per heavy atom. The summed E-state index contributed by atoms with van der Waals surface area (Å²) in [6, 6.07) is 11.4. The fourth-order valence-corrected chi connectivity index (χ4v) is 3.04. The Balaban J connectivity index is 2.03. The zero-order chi connectivity index (χ0) is 21.9. The average molecular weight is 417 g/mol. The second-order valence-electron chi connectivity index (χ2n) is 7.33. The number of aliphatic hydroxyl groups is 1. The maximum atomic E-state index is 12.5. The van der Waals surface area contributed by atoms with Gasteiger partial charge in [-0.2, -0.15) is 0 Å². The van der Waals surface area contributed by atoms with Crippen LogP contribution in [-0.4, -0.2) is 38.6 Å². The molecule has 0 aromatic heterocycles. The summed E-state index contributed by atoms with van der Waals surface area (Å²) in [5.74, 6) is 2.39. The molecule has 30 heavy (non-hydrogen) atoms. The van der Waals surface area contributed by atoms with Crippen LogP contribution in [0.3, 0.4) is 0 Å². The van der Waals surface area contributed by atoms with Crippen molar-refractivity contribution < 1.29 is 24.1 Å². The lowest BCUT2D eigenvalue weighted by Crippen LogP contribution is -2.34. The van der Waals surface area contributed by atoms with Crippen LogP contribution in [0.2, 0.25) is 0 Å². The second-order valence-corrected chi connectivity index (χ2v) is 7.33. The topological polar surface area (TPSA) is 89.1 Å². The van der Waals surface area contributed by atoms with Gasteiger partial charge in [-0.15, -0.1) is 0 Å². The van der Waals surface area contributed by atoms with Crippen molar-refractivity contribution in [2.75, 3.05) is 32.8 Å². The van der Waals surface area contributed by atoms with Crippen molar-refractivity contribution in [2.45, 2.75) is 32.7 Å². The van der Waals surface area contributed by atoms with Crippen molar-refractivity contribution in [3.05, 3.63) is 48.0 Å². The highest BCUT2D eigenvalue weighted by atomic mass is 16.5. The van der Waals surface area contributed by atoms with Crippen molar-refractivity contribution in [3.63, 3.8) is 0 Å². The molecule has 2 aromatic carbocycles. The number of para-hydroxylation sites is 1. The highest BCUT2D eigenvalue weighted by Crippen LogP contribution is 2.31. The lowest BCUT2D eigenvalue weighted by molar-refractivity contribution is 0.224. The molecule has 0 heterocycles. The smallest absolute Gasteiger partial charge is 0.319 e. The predicted molar refractivity (Wildman–Crippen MR) is 118 cm³/mol. The number of benzene rings is 2. The van der Waals surface area contributed by atoms with Crippen LogP contribution in [0.4, 0.5) is 10.5 Å². The summed E-state index contributed by atoms with van der Waals surface area (Å²) in [7, 11) is 3.13. The molecule has 7 nitrogen and oxygen atoms in total. The zero-order valence-corrected chi connectivity index (χ0v) is 18.1. The molecule has 2 amide bonds. The lowest BCUT2D eigenvalue weighted by atomic mass is 10.1. The van der Waals surface area contributed by atoms with Crippen molar-refractivity contribution in [1.29, 1.82) is 0 Å². The van der Waals surface area contributed by atoms with Crippen LogP contribution in [0.5, 0.6) is 17.2 Å². The number of methoxy groups -OCH3 is 2. The molecule has 2 aromatic rings. The van der Waals surface area contributed by atoms with Gasteiger partial charge in [0.15, 0.2) is 11.5 Å². The monoisotopic (exact) mass is 416 g/mol. The summed E-state index contributed by atoms with van der Waals surface area (Å²) >= 11 is 0. The fourth-order valence-electron chi connectivity index (χ4n) is 3.04. The number of ether oxygens (including phenoxy) is 3. The third-order valence-corrected chi connectivity index (χ3v) is 4.61. The number of amides is 2. The summed E-state index contributed by atoms with van der Waals surface area (Å²) in [6.45, 7) is 4.66. The van der Waals surface area contributed by atoms with Crippen LogP contribution < -0.4 is 24.8 Å². The highest BCUT2D eigenvalue weighted by molar-refractivity contribution is 5.90. The van der Waals surface area contributed by atoms with Crippen molar-refractivity contribution in [3.8, 4) is 17.2 Å². The molecule has 0 radical (unpaired) electrons. The molecule has 0 aliphatic heterocycles. The van der Waals surface area contributed by atoms with E-state index in [0.29, 0.717) is 41.0 Å². The summed E-state index contributed by atoms with van der Waals surface area (Å²) in [5.41, 5.74) is 1.26. The molecule has 0 unspecified atom stereocenters. The molecule has 2 rings (SSSR count). The lowest BCUT2D eigenvalue weighted by Gasteiger charge is -2.20. The number of carbonyl (C=O) groups is 1. The van der Waals surface area contributed by atoms with Gasteiger partial charge in [-0.25, -0.2) is 4.79 Å². The molecule has 164 valence electrons. The quantitative estimate of drug-likeness (QED) is 0.473. The minimum atomic E-state index is -0.605. The first-order chi connectivity index (χ1) is 14.5. The van der Waals surface area contributed by atoms with E-state index >= 15 is 0 Å². The van der Waals surface area contributed by atoms with Gasteiger partial charge in [0.2, 0.25) is 0 Å². The first kappa shape index (κ1) is 23.3. The maximum Gasteiger partial charge on any atom is 0.319 e. The molecule has 0 saturated heterocycles. The summed E-state index contributed by atoms with van der Waals surface area (Å²) < 4.78 is 16.5. The maximum absolute atomic E-state index is 12.5. The van der Waals surface area contributed by atoms with E-state index in [1.165, 1.54) is 0 Å². The van der Waals surface area contributed by atoms with E-state index in [4.69, 9.17) is 14.2 Å². The Morgan fingerprint density at radius 3 is 2.43 bits per heavy atom. The van der Waals surface area contributed by atoms with E-state index in [1.54, 1.807) is 44.6 Å².